The molecular weight excluding hydrogens is 373 g/mol. The molecule has 1 N–H and O–H groups in total. The minimum absolute atomic E-state index is 0.0305. The summed E-state index contributed by atoms with van der Waals surface area (Å²) in [6, 6.07) is 10.0. The summed E-state index contributed by atoms with van der Waals surface area (Å²) in [4.78, 5) is 24.4. The standard InChI is InChI=1S/C23H24FNO4/c1-14-4-9-20-18(13-28-22(20)15(14)2)12-21(26)29-16(3)23(27)25-11-10-17-5-7-19(24)8-6-17/h4-9,13,16H,10-12H2,1-3H3,(H,25,27)/t16-/m0/s1. The molecule has 0 aliphatic heterocycles. The predicted octanol–water partition coefficient (Wildman–Crippen LogP) is 4.02. The molecule has 0 saturated heterocycles. The Morgan fingerprint density at radius 3 is 2.59 bits per heavy atom. The van der Waals surface area contributed by atoms with E-state index in [0.29, 0.717) is 13.0 Å². The average Bonchev–Trinajstić information content (AvgIpc) is 3.09. The molecule has 0 bridgehead atoms. The molecule has 2 aromatic carbocycles. The molecule has 29 heavy (non-hydrogen) atoms. The molecule has 1 atom stereocenters. The van der Waals surface area contributed by atoms with Crippen molar-refractivity contribution in [1.82, 2.24) is 5.32 Å². The van der Waals surface area contributed by atoms with E-state index in [1.54, 1.807) is 18.4 Å². The molecule has 0 unspecified atom stereocenters. The Hall–Kier alpha value is -3.15. The minimum Gasteiger partial charge on any atom is -0.464 e. The van der Waals surface area contributed by atoms with Crippen LogP contribution in [0.5, 0.6) is 0 Å². The molecular formula is C23H24FNO4. The summed E-state index contributed by atoms with van der Waals surface area (Å²) in [5.41, 5.74) is 4.56. The molecule has 6 heteroatoms. The van der Waals surface area contributed by atoms with Crippen LogP contribution in [-0.2, 0) is 27.2 Å². The van der Waals surface area contributed by atoms with Crippen LogP contribution in [0.4, 0.5) is 4.39 Å². The fourth-order valence-corrected chi connectivity index (χ4v) is 3.10. The zero-order chi connectivity index (χ0) is 21.0. The molecule has 0 saturated carbocycles. The van der Waals surface area contributed by atoms with Crippen LogP contribution in [-0.4, -0.2) is 24.5 Å². The van der Waals surface area contributed by atoms with Gasteiger partial charge in [-0.15, -0.1) is 0 Å². The zero-order valence-electron chi connectivity index (χ0n) is 16.8. The lowest BCUT2D eigenvalue weighted by Gasteiger charge is -2.13. The first-order valence-electron chi connectivity index (χ1n) is 9.53. The van der Waals surface area contributed by atoms with Gasteiger partial charge in [-0.25, -0.2) is 4.39 Å². The molecule has 1 amide bonds. The van der Waals surface area contributed by atoms with Gasteiger partial charge in [0.2, 0.25) is 0 Å². The average molecular weight is 397 g/mol. The van der Waals surface area contributed by atoms with Gasteiger partial charge in [0.05, 0.1) is 12.7 Å². The van der Waals surface area contributed by atoms with Crippen molar-refractivity contribution in [1.29, 1.82) is 0 Å². The van der Waals surface area contributed by atoms with E-state index < -0.39 is 12.1 Å². The van der Waals surface area contributed by atoms with E-state index in [9.17, 15) is 14.0 Å². The van der Waals surface area contributed by atoms with Gasteiger partial charge in [0.15, 0.2) is 6.10 Å². The molecule has 1 aromatic heterocycles. The van der Waals surface area contributed by atoms with Gasteiger partial charge in [0.25, 0.3) is 5.91 Å². The van der Waals surface area contributed by atoms with Crippen molar-refractivity contribution in [2.75, 3.05) is 6.54 Å². The second kappa shape index (κ2) is 8.90. The Labute approximate surface area is 168 Å². The molecule has 3 aromatic rings. The number of hydrogen-bond donors (Lipinski definition) is 1. The van der Waals surface area contributed by atoms with Gasteiger partial charge < -0.3 is 14.5 Å². The number of nitrogens with one attached hydrogen (secondary N) is 1. The highest BCUT2D eigenvalue weighted by Gasteiger charge is 2.19. The minimum atomic E-state index is -0.905. The molecule has 0 radical (unpaired) electrons. The van der Waals surface area contributed by atoms with Crippen molar-refractivity contribution in [3.63, 3.8) is 0 Å². The predicted molar refractivity (Wildman–Crippen MR) is 108 cm³/mol. The maximum Gasteiger partial charge on any atom is 0.311 e. The molecule has 3 rings (SSSR count). The Bertz CT molecular complexity index is 1020. The van der Waals surface area contributed by atoms with E-state index in [-0.39, 0.29) is 18.1 Å². The van der Waals surface area contributed by atoms with Crippen LogP contribution in [0.3, 0.4) is 0 Å². The van der Waals surface area contributed by atoms with Crippen molar-refractivity contribution in [3.05, 3.63) is 70.7 Å². The highest BCUT2D eigenvalue weighted by molar-refractivity contribution is 5.89. The smallest absolute Gasteiger partial charge is 0.311 e. The number of halogens is 1. The number of esters is 1. The van der Waals surface area contributed by atoms with E-state index in [0.717, 1.165) is 33.2 Å². The van der Waals surface area contributed by atoms with Gasteiger partial charge >= 0.3 is 5.97 Å². The highest BCUT2D eigenvalue weighted by atomic mass is 19.1. The first-order chi connectivity index (χ1) is 13.8. The summed E-state index contributed by atoms with van der Waals surface area (Å²) in [6.07, 6.45) is 1.25. The Balaban J connectivity index is 1.50. The molecule has 0 aliphatic carbocycles. The maximum absolute atomic E-state index is 12.9. The molecule has 1 heterocycles. The number of furan rings is 1. The molecule has 152 valence electrons. The number of fused-ring (bicyclic) bond motifs is 1. The van der Waals surface area contributed by atoms with Gasteiger partial charge in [0, 0.05) is 17.5 Å². The lowest BCUT2D eigenvalue weighted by molar-refractivity contribution is -0.154. The Morgan fingerprint density at radius 2 is 1.86 bits per heavy atom. The summed E-state index contributed by atoms with van der Waals surface area (Å²) in [6.45, 7) is 5.88. The molecule has 5 nitrogen and oxygen atoms in total. The number of carbonyl (C=O) groups excluding carboxylic acids is 2. The molecule has 0 aliphatic rings. The first-order valence-corrected chi connectivity index (χ1v) is 9.53. The van der Waals surface area contributed by atoms with Crippen LogP contribution in [0.25, 0.3) is 11.0 Å². The molecule has 0 fully saturated rings. The zero-order valence-corrected chi connectivity index (χ0v) is 16.8. The first kappa shape index (κ1) is 20.6. The largest absolute Gasteiger partial charge is 0.464 e. The van der Waals surface area contributed by atoms with Crippen LogP contribution in [0.1, 0.15) is 29.2 Å². The SMILES string of the molecule is Cc1ccc2c(CC(=O)O[C@@H](C)C(=O)NCCc3ccc(F)cc3)coc2c1C. The summed E-state index contributed by atoms with van der Waals surface area (Å²) >= 11 is 0. The van der Waals surface area contributed by atoms with Gasteiger partial charge in [-0.05, 0) is 56.0 Å². The van der Waals surface area contributed by atoms with Crippen LogP contribution < -0.4 is 5.32 Å². The Kier molecular flexibility index (Phi) is 6.32. The number of hydrogen-bond acceptors (Lipinski definition) is 4. The maximum atomic E-state index is 12.9. The lowest BCUT2D eigenvalue weighted by atomic mass is 10.0. The van der Waals surface area contributed by atoms with Crippen LogP contribution in [0.15, 0.2) is 47.1 Å². The third-order valence-electron chi connectivity index (χ3n) is 4.98. The summed E-state index contributed by atoms with van der Waals surface area (Å²) in [5, 5.41) is 3.60. The number of amides is 1. The van der Waals surface area contributed by atoms with E-state index in [1.807, 2.05) is 26.0 Å². The van der Waals surface area contributed by atoms with Gasteiger partial charge in [-0.2, -0.15) is 0 Å². The van der Waals surface area contributed by atoms with E-state index in [4.69, 9.17) is 9.15 Å². The van der Waals surface area contributed by atoms with Crippen molar-refractivity contribution < 1.29 is 23.1 Å². The van der Waals surface area contributed by atoms with Crippen LogP contribution >= 0.6 is 0 Å². The van der Waals surface area contributed by atoms with E-state index >= 15 is 0 Å². The summed E-state index contributed by atoms with van der Waals surface area (Å²) in [7, 11) is 0. The molecule has 0 spiro atoms. The third kappa shape index (κ3) is 5.02. The van der Waals surface area contributed by atoms with Crippen molar-refractivity contribution in [2.24, 2.45) is 0 Å². The van der Waals surface area contributed by atoms with Gasteiger partial charge in [0.1, 0.15) is 11.4 Å². The number of carbonyl (C=O) groups is 2. The normalized spacial score (nSPS) is 12.0. The van der Waals surface area contributed by atoms with Crippen molar-refractivity contribution in [2.45, 2.75) is 39.7 Å². The number of rotatable bonds is 7. The topological polar surface area (TPSA) is 68.5 Å². The number of aryl methyl sites for hydroxylation is 2. The quantitative estimate of drug-likeness (QED) is 0.612. The monoisotopic (exact) mass is 397 g/mol. The highest BCUT2D eigenvalue weighted by Crippen LogP contribution is 2.27. The van der Waals surface area contributed by atoms with Crippen LogP contribution in [0.2, 0.25) is 0 Å². The van der Waals surface area contributed by atoms with E-state index in [2.05, 4.69) is 5.32 Å². The summed E-state index contributed by atoms with van der Waals surface area (Å²) < 4.78 is 23.8. The van der Waals surface area contributed by atoms with Crippen molar-refractivity contribution in [3.8, 4) is 0 Å². The lowest BCUT2D eigenvalue weighted by Crippen LogP contribution is -2.37. The fourth-order valence-electron chi connectivity index (χ4n) is 3.10. The Morgan fingerprint density at radius 1 is 1.14 bits per heavy atom. The second-order valence-corrected chi connectivity index (χ2v) is 7.12. The fraction of sp³-hybridized carbons (Fsp3) is 0.304. The van der Waals surface area contributed by atoms with Crippen LogP contribution in [0, 0.1) is 19.7 Å². The van der Waals surface area contributed by atoms with Crippen molar-refractivity contribution >= 4 is 22.8 Å². The third-order valence-corrected chi connectivity index (χ3v) is 4.98. The van der Waals surface area contributed by atoms with E-state index in [1.165, 1.54) is 19.1 Å². The summed E-state index contributed by atoms with van der Waals surface area (Å²) in [5.74, 6) is -1.16. The number of ether oxygens (including phenoxy) is 1. The van der Waals surface area contributed by atoms with Gasteiger partial charge in [-0.1, -0.05) is 24.3 Å². The number of benzene rings is 2. The van der Waals surface area contributed by atoms with Gasteiger partial charge in [-0.3, -0.25) is 9.59 Å². The second-order valence-electron chi connectivity index (χ2n) is 7.12.